The molecule has 1 unspecified atom stereocenters. The molecular weight excluding hydrogens is 491 g/mol. The van der Waals surface area contributed by atoms with Crippen LogP contribution in [0.5, 0.6) is 11.5 Å². The van der Waals surface area contributed by atoms with E-state index in [0.717, 1.165) is 23.1 Å². The van der Waals surface area contributed by atoms with Crippen molar-refractivity contribution in [2.45, 2.75) is 6.04 Å². The molecule has 0 bridgehead atoms. The topological polar surface area (TPSA) is 87.1 Å². The number of halogens is 4. The van der Waals surface area contributed by atoms with Crippen LogP contribution in [-0.4, -0.2) is 29.0 Å². The molecule has 1 aliphatic heterocycles. The molecule has 1 saturated heterocycles. The third kappa shape index (κ3) is 3.95. The highest BCUT2D eigenvalue weighted by Crippen LogP contribution is 2.44. The number of nitrogens with zero attached hydrogens (tertiary/aromatic N) is 1. The summed E-state index contributed by atoms with van der Waals surface area (Å²) in [6.07, 6.45) is 0. The van der Waals surface area contributed by atoms with Crippen LogP contribution in [0.2, 0.25) is 10.0 Å². The van der Waals surface area contributed by atoms with E-state index in [4.69, 9.17) is 27.9 Å². The monoisotopic (exact) mass is 505 g/mol. The zero-order valence-electron chi connectivity index (χ0n) is 17.4. The average Bonchev–Trinajstić information content (AvgIpc) is 3.06. The number of carbonyl (C=O) groups is 2. The van der Waals surface area contributed by atoms with Gasteiger partial charge in [0, 0.05) is 17.3 Å². The third-order valence-electron chi connectivity index (χ3n) is 5.31. The number of methoxy groups -OCH3 is 1. The van der Waals surface area contributed by atoms with Gasteiger partial charge in [-0.2, -0.15) is 0 Å². The summed E-state index contributed by atoms with van der Waals surface area (Å²) in [4.78, 5) is 27.0. The molecule has 1 amide bonds. The Kier molecular flexibility index (Phi) is 6.20. The normalized spacial score (nSPS) is 17.3. The van der Waals surface area contributed by atoms with Crippen LogP contribution in [0, 0.1) is 11.6 Å². The molecule has 3 aromatic carbocycles. The van der Waals surface area contributed by atoms with E-state index in [9.17, 15) is 28.6 Å². The van der Waals surface area contributed by atoms with Crippen molar-refractivity contribution in [3.63, 3.8) is 0 Å². The molecule has 0 saturated carbocycles. The number of ether oxygens (including phenoxy) is 1. The first kappa shape index (κ1) is 23.5. The Morgan fingerprint density at radius 3 is 2.15 bits per heavy atom. The number of rotatable bonds is 4. The molecule has 1 heterocycles. The van der Waals surface area contributed by atoms with Gasteiger partial charge in [0.25, 0.3) is 11.7 Å². The number of carbonyl (C=O) groups excluding carboxylic acids is 2. The number of hydrogen-bond acceptors (Lipinski definition) is 5. The van der Waals surface area contributed by atoms with Crippen LogP contribution in [0.3, 0.4) is 0 Å². The maximum absolute atomic E-state index is 14.0. The molecule has 174 valence electrons. The van der Waals surface area contributed by atoms with Gasteiger partial charge in [0.15, 0.2) is 17.4 Å². The number of anilines is 1. The second-order valence-corrected chi connectivity index (χ2v) is 8.15. The van der Waals surface area contributed by atoms with Crippen molar-refractivity contribution in [1.82, 2.24) is 0 Å². The fourth-order valence-electron chi connectivity index (χ4n) is 3.75. The summed E-state index contributed by atoms with van der Waals surface area (Å²) in [6.45, 7) is 0. The van der Waals surface area contributed by atoms with Gasteiger partial charge in [0.1, 0.15) is 11.5 Å². The number of phenols is 1. The number of amides is 1. The average molecular weight is 506 g/mol. The predicted octanol–water partition coefficient (Wildman–Crippen LogP) is 5.61. The fraction of sp³-hybridized carbons (Fsp3) is 0.0833. The van der Waals surface area contributed by atoms with Crippen LogP contribution in [0.15, 0.2) is 60.2 Å². The minimum absolute atomic E-state index is 0.0304. The Balaban J connectivity index is 1.97. The van der Waals surface area contributed by atoms with Crippen molar-refractivity contribution in [3.05, 3.63) is 93.0 Å². The first-order chi connectivity index (χ1) is 16.1. The number of aliphatic hydroxyl groups excluding tert-OH is 1. The summed E-state index contributed by atoms with van der Waals surface area (Å²) < 4.78 is 32.6. The number of Topliss-reactive ketones (excluding diaryl/α,β-unsaturated/α-hetero) is 1. The minimum Gasteiger partial charge on any atom is -0.508 e. The molecular formula is C24H15Cl2F2NO5. The molecule has 0 radical (unpaired) electrons. The quantitative estimate of drug-likeness (QED) is 0.273. The van der Waals surface area contributed by atoms with Crippen molar-refractivity contribution >= 4 is 46.3 Å². The number of aliphatic hydroxyl groups is 1. The van der Waals surface area contributed by atoms with Gasteiger partial charge in [-0.1, -0.05) is 35.3 Å². The second kappa shape index (κ2) is 8.96. The molecule has 10 heteroatoms. The van der Waals surface area contributed by atoms with Gasteiger partial charge >= 0.3 is 0 Å². The highest BCUT2D eigenvalue weighted by atomic mass is 35.5. The zero-order valence-corrected chi connectivity index (χ0v) is 18.9. The van der Waals surface area contributed by atoms with Crippen LogP contribution in [0.4, 0.5) is 14.5 Å². The van der Waals surface area contributed by atoms with E-state index < -0.39 is 35.1 Å². The van der Waals surface area contributed by atoms with E-state index in [2.05, 4.69) is 0 Å². The lowest BCUT2D eigenvalue weighted by Gasteiger charge is -2.25. The first-order valence-corrected chi connectivity index (χ1v) is 10.5. The van der Waals surface area contributed by atoms with Crippen molar-refractivity contribution in [2.75, 3.05) is 12.0 Å². The van der Waals surface area contributed by atoms with Crippen molar-refractivity contribution in [1.29, 1.82) is 0 Å². The highest BCUT2D eigenvalue weighted by Gasteiger charge is 2.47. The maximum Gasteiger partial charge on any atom is 0.300 e. The predicted molar refractivity (Wildman–Crippen MR) is 122 cm³/mol. The van der Waals surface area contributed by atoms with Crippen LogP contribution in [-0.2, 0) is 9.59 Å². The standard InChI is InChI=1S/C24H15Cl2F2NO5/c1-34-23-15(25)8-12(9-16(23)26)21(31)19-20(11-2-5-14(30)6-3-11)29(24(33)22(19)32)13-4-7-17(27)18(28)10-13/h2-10,20,30-31H,1H3/b21-19+. The van der Waals surface area contributed by atoms with Crippen molar-refractivity contribution in [3.8, 4) is 11.5 Å². The molecule has 1 aliphatic rings. The van der Waals surface area contributed by atoms with Gasteiger partial charge in [-0.05, 0) is 42.0 Å². The molecule has 1 fully saturated rings. The molecule has 4 rings (SSSR count). The van der Waals surface area contributed by atoms with Gasteiger partial charge in [0.05, 0.1) is 28.8 Å². The third-order valence-corrected chi connectivity index (χ3v) is 5.87. The van der Waals surface area contributed by atoms with E-state index in [-0.39, 0.29) is 38.4 Å². The summed E-state index contributed by atoms with van der Waals surface area (Å²) in [5.74, 6) is -5.02. The number of benzene rings is 3. The molecule has 0 aromatic heterocycles. The number of aromatic hydroxyl groups is 1. The minimum atomic E-state index is -1.23. The van der Waals surface area contributed by atoms with Crippen molar-refractivity contribution in [2.24, 2.45) is 0 Å². The lowest BCUT2D eigenvalue weighted by molar-refractivity contribution is -0.132. The molecule has 0 spiro atoms. The highest BCUT2D eigenvalue weighted by molar-refractivity contribution is 6.51. The van der Waals surface area contributed by atoms with Gasteiger partial charge in [-0.25, -0.2) is 8.78 Å². The fourth-order valence-corrected chi connectivity index (χ4v) is 4.39. The number of phenolic OH excluding ortho intramolecular Hbond substituents is 1. The maximum atomic E-state index is 14.0. The van der Waals surface area contributed by atoms with Crippen molar-refractivity contribution < 1.29 is 33.3 Å². The lowest BCUT2D eigenvalue weighted by atomic mass is 9.95. The number of hydrogen-bond donors (Lipinski definition) is 2. The van der Waals surface area contributed by atoms with Crippen LogP contribution in [0.1, 0.15) is 17.2 Å². The zero-order chi connectivity index (χ0) is 24.7. The van der Waals surface area contributed by atoms with Gasteiger partial charge in [-0.3, -0.25) is 14.5 Å². The molecule has 2 N–H and O–H groups in total. The SMILES string of the molecule is COc1c(Cl)cc(/C(O)=C2\C(=O)C(=O)N(c3ccc(F)c(F)c3)C2c2ccc(O)cc2)cc1Cl. The Morgan fingerprint density at radius 1 is 0.971 bits per heavy atom. The van der Waals surface area contributed by atoms with Gasteiger partial charge in [0.2, 0.25) is 0 Å². The summed E-state index contributed by atoms with van der Waals surface area (Å²) in [5, 5.41) is 20.9. The molecule has 34 heavy (non-hydrogen) atoms. The molecule has 0 aliphatic carbocycles. The summed E-state index contributed by atoms with van der Waals surface area (Å²) in [6, 6.07) is 9.61. The largest absolute Gasteiger partial charge is 0.508 e. The molecule has 6 nitrogen and oxygen atoms in total. The molecule has 1 atom stereocenters. The van der Waals surface area contributed by atoms with E-state index in [0.29, 0.717) is 5.56 Å². The lowest BCUT2D eigenvalue weighted by Crippen LogP contribution is -2.29. The summed E-state index contributed by atoms with van der Waals surface area (Å²) in [7, 11) is 1.35. The van der Waals surface area contributed by atoms with E-state index in [1.807, 2.05) is 0 Å². The smallest absolute Gasteiger partial charge is 0.300 e. The van der Waals surface area contributed by atoms with Crippen LogP contribution >= 0.6 is 23.2 Å². The Morgan fingerprint density at radius 2 is 1.59 bits per heavy atom. The summed E-state index contributed by atoms with van der Waals surface area (Å²) in [5.41, 5.74) is -0.0986. The first-order valence-electron chi connectivity index (χ1n) is 9.72. The van der Waals surface area contributed by atoms with E-state index in [1.54, 1.807) is 0 Å². The van der Waals surface area contributed by atoms with E-state index >= 15 is 0 Å². The summed E-state index contributed by atoms with van der Waals surface area (Å²) >= 11 is 12.3. The Labute approximate surface area is 202 Å². The van der Waals surface area contributed by atoms with Gasteiger partial charge < -0.3 is 14.9 Å². The second-order valence-electron chi connectivity index (χ2n) is 7.33. The van der Waals surface area contributed by atoms with E-state index in [1.165, 1.54) is 43.5 Å². The Bertz CT molecular complexity index is 1330. The number of ketones is 1. The van der Waals surface area contributed by atoms with Crippen LogP contribution < -0.4 is 9.64 Å². The molecule has 3 aromatic rings. The van der Waals surface area contributed by atoms with Gasteiger partial charge in [-0.15, -0.1) is 0 Å². The Hall–Kier alpha value is -3.62. The van der Waals surface area contributed by atoms with Crippen LogP contribution in [0.25, 0.3) is 5.76 Å².